The topological polar surface area (TPSA) is 126 Å². The largest absolute Gasteiger partial charge is 0.379 e. The van der Waals surface area contributed by atoms with Gasteiger partial charge in [0.05, 0.1) is 40.7 Å². The molecule has 254 valence electrons. The van der Waals surface area contributed by atoms with E-state index < -0.39 is 39.2 Å². The number of hydrogen-bond donors (Lipinski definition) is 1. The van der Waals surface area contributed by atoms with Crippen LogP contribution in [0.15, 0.2) is 92.2 Å². The number of rotatable bonds is 10. The molecule has 1 amide bonds. The first-order chi connectivity index (χ1) is 23.5. The maximum absolute atomic E-state index is 14.4. The molecular formula is C34H32BrF2N6O5S+. The fourth-order valence-electron chi connectivity index (χ4n) is 6.14. The summed E-state index contributed by atoms with van der Waals surface area (Å²) in [6.45, 7) is 0.912. The van der Waals surface area contributed by atoms with E-state index in [9.17, 15) is 26.8 Å². The van der Waals surface area contributed by atoms with Gasteiger partial charge in [-0.15, -0.1) is 0 Å². The lowest BCUT2D eigenvalue weighted by Crippen LogP contribution is -2.40. The normalized spacial score (nSPS) is 18.8. The third-order valence-electron chi connectivity index (χ3n) is 8.72. The molecule has 4 aromatic rings. The van der Waals surface area contributed by atoms with Gasteiger partial charge in [-0.05, 0) is 84.0 Å². The third kappa shape index (κ3) is 7.25. The van der Waals surface area contributed by atoms with Crippen LogP contribution in [-0.4, -0.2) is 71.8 Å². The quantitative estimate of drug-likeness (QED) is 0.236. The van der Waals surface area contributed by atoms with E-state index in [0.29, 0.717) is 29.1 Å². The van der Waals surface area contributed by atoms with E-state index in [1.54, 1.807) is 29.1 Å². The van der Waals surface area contributed by atoms with Crippen LogP contribution in [0.2, 0.25) is 0 Å². The molecule has 2 atom stereocenters. The number of aromatic nitrogens is 2. The number of ether oxygens (including phenoxy) is 1. The number of halogens is 3. The monoisotopic (exact) mass is 753 g/mol. The van der Waals surface area contributed by atoms with E-state index in [2.05, 4.69) is 26.4 Å². The van der Waals surface area contributed by atoms with E-state index in [4.69, 9.17) is 9.72 Å². The van der Waals surface area contributed by atoms with Crippen LogP contribution < -0.4 is 10.9 Å². The number of morpholine rings is 1. The number of nitrogens with one attached hydrogen (secondary N) is 1. The van der Waals surface area contributed by atoms with Crippen LogP contribution in [0, 0.1) is 17.6 Å². The first-order valence-electron chi connectivity index (χ1n) is 15.9. The van der Waals surface area contributed by atoms with Crippen LogP contribution in [0.1, 0.15) is 30.3 Å². The van der Waals surface area contributed by atoms with Gasteiger partial charge in [0.1, 0.15) is 23.5 Å². The Morgan fingerprint density at radius 1 is 1.04 bits per heavy atom. The number of benzene rings is 3. The molecule has 2 fully saturated rings. The van der Waals surface area contributed by atoms with Gasteiger partial charge in [-0.25, -0.2) is 22.2 Å². The lowest BCUT2D eigenvalue weighted by Gasteiger charge is -2.26. The molecular weight excluding hydrogens is 722 g/mol. The smallest absolute Gasteiger partial charge is 0.289 e. The number of carbonyl (C=O) groups is 1. The van der Waals surface area contributed by atoms with Crippen molar-refractivity contribution in [2.45, 2.75) is 36.2 Å². The molecule has 49 heavy (non-hydrogen) atoms. The highest BCUT2D eigenvalue weighted by Gasteiger charge is 2.36. The minimum atomic E-state index is -3.82. The Balaban J connectivity index is 1.31. The molecule has 3 heterocycles. The molecule has 3 aromatic carbocycles. The Morgan fingerprint density at radius 2 is 1.76 bits per heavy atom. The van der Waals surface area contributed by atoms with Crippen molar-refractivity contribution in [2.24, 2.45) is 11.0 Å². The molecule has 0 bridgehead atoms. The summed E-state index contributed by atoms with van der Waals surface area (Å²) in [7, 11) is -3.82. The second-order valence-electron chi connectivity index (χ2n) is 12.3. The van der Waals surface area contributed by atoms with Crippen molar-refractivity contribution in [3.63, 3.8) is 0 Å². The van der Waals surface area contributed by atoms with E-state index in [-0.39, 0.29) is 59.5 Å². The average molecular weight is 755 g/mol. The maximum Gasteiger partial charge on any atom is 0.289 e. The molecule has 7 rings (SSSR count). The van der Waals surface area contributed by atoms with Crippen LogP contribution in [0.25, 0.3) is 16.6 Å². The van der Waals surface area contributed by atoms with Crippen molar-refractivity contribution in [3.05, 3.63) is 111 Å². The van der Waals surface area contributed by atoms with E-state index in [1.807, 2.05) is 6.08 Å². The molecule has 1 saturated carbocycles. The minimum absolute atomic E-state index is 0.0275. The Hall–Kier alpha value is -4.18. The molecule has 3 aliphatic rings. The van der Waals surface area contributed by atoms with Crippen molar-refractivity contribution in [2.75, 3.05) is 32.8 Å². The number of amides is 1. The summed E-state index contributed by atoms with van der Waals surface area (Å²) in [5.74, 6) is -1.48. The molecule has 2 aliphatic heterocycles. The van der Waals surface area contributed by atoms with E-state index in [1.165, 1.54) is 33.1 Å². The van der Waals surface area contributed by atoms with Gasteiger partial charge < -0.3 is 10.1 Å². The summed E-state index contributed by atoms with van der Waals surface area (Å²) in [6, 6.07) is 12.8. The Bertz CT molecular complexity index is 2150. The first kappa shape index (κ1) is 33.3. The minimum Gasteiger partial charge on any atom is -0.379 e. The summed E-state index contributed by atoms with van der Waals surface area (Å²) in [5.41, 5.74) is 0.356. The highest BCUT2D eigenvalue weighted by Crippen LogP contribution is 2.36. The van der Waals surface area contributed by atoms with Gasteiger partial charge >= 0.3 is 0 Å². The number of azo groups is 2. The highest BCUT2D eigenvalue weighted by atomic mass is 79.9. The SMILES string of the molecule is O=C(C[N+]1=NC(C2CC2)C=C1)N[C@H](Cc1cc(F)cc(F)c1)c1nc2cc(Br)ccc2c(=O)n1-c1ccc(S(=O)(=O)N2CCOCC2)cc1. The zero-order chi connectivity index (χ0) is 34.3. The van der Waals surface area contributed by atoms with Gasteiger partial charge in [0.2, 0.25) is 10.0 Å². The van der Waals surface area contributed by atoms with Gasteiger partial charge in [-0.3, -0.25) is 14.2 Å². The van der Waals surface area contributed by atoms with Crippen molar-refractivity contribution in [1.29, 1.82) is 0 Å². The molecule has 0 radical (unpaired) electrons. The van der Waals surface area contributed by atoms with Crippen molar-refractivity contribution in [1.82, 2.24) is 19.2 Å². The molecule has 1 saturated heterocycles. The fraction of sp³-hybridized carbons (Fsp3) is 0.324. The second kappa shape index (κ2) is 13.6. The van der Waals surface area contributed by atoms with Gasteiger partial charge in [0.15, 0.2) is 6.20 Å². The summed E-state index contributed by atoms with van der Waals surface area (Å²) < 4.78 is 65.5. The maximum atomic E-state index is 14.4. The summed E-state index contributed by atoms with van der Waals surface area (Å²) in [4.78, 5) is 32.7. The van der Waals surface area contributed by atoms with Crippen LogP contribution in [0.3, 0.4) is 0 Å². The average Bonchev–Trinajstić information content (AvgIpc) is 3.82. The van der Waals surface area contributed by atoms with E-state index in [0.717, 1.165) is 31.0 Å². The lowest BCUT2D eigenvalue weighted by molar-refractivity contribution is -0.513. The van der Waals surface area contributed by atoms with Crippen molar-refractivity contribution in [3.8, 4) is 5.69 Å². The first-order valence-corrected chi connectivity index (χ1v) is 18.1. The predicted molar refractivity (Wildman–Crippen MR) is 179 cm³/mol. The summed E-state index contributed by atoms with van der Waals surface area (Å²) in [5, 5.41) is 7.80. The van der Waals surface area contributed by atoms with Crippen LogP contribution in [0.5, 0.6) is 0 Å². The number of hydrogen-bond acceptors (Lipinski definition) is 7. The molecule has 1 aliphatic carbocycles. The molecule has 11 nitrogen and oxygen atoms in total. The van der Waals surface area contributed by atoms with Crippen molar-refractivity contribution >= 4 is 42.8 Å². The number of nitrogens with zero attached hydrogens (tertiary/aromatic N) is 5. The van der Waals surface area contributed by atoms with Gasteiger partial charge in [0, 0.05) is 36.1 Å². The van der Waals surface area contributed by atoms with Gasteiger partial charge in [-0.1, -0.05) is 20.6 Å². The van der Waals surface area contributed by atoms with Crippen molar-refractivity contribution < 1.29 is 31.4 Å². The standard InChI is InChI=1S/C34H31BrF2N6O5S/c35-23-3-8-28-30(18-23)39-33(43(34(28)45)26-4-6-27(7-5-26)49(46,47)42-11-13-48-14-12-42)31(17-21-15-24(36)19-25(37)16-21)38-32(44)20-41-10-9-29(40-41)22-1-2-22/h3-10,15-16,18-19,22,29,31H,1-2,11-14,17,20H2/p+1/t29?,31-/m1/s1. The lowest BCUT2D eigenvalue weighted by atomic mass is 10.0. The predicted octanol–water partition coefficient (Wildman–Crippen LogP) is 4.62. The zero-order valence-electron chi connectivity index (χ0n) is 26.1. The molecule has 1 N–H and O–H groups in total. The van der Waals surface area contributed by atoms with Crippen LogP contribution in [0.4, 0.5) is 8.78 Å². The van der Waals surface area contributed by atoms with Gasteiger partial charge in [-0.2, -0.15) is 4.31 Å². The van der Waals surface area contributed by atoms with Crippen LogP contribution >= 0.6 is 15.9 Å². The zero-order valence-corrected chi connectivity index (χ0v) is 28.5. The van der Waals surface area contributed by atoms with E-state index >= 15 is 0 Å². The summed E-state index contributed by atoms with van der Waals surface area (Å²) >= 11 is 3.43. The molecule has 1 unspecified atom stereocenters. The summed E-state index contributed by atoms with van der Waals surface area (Å²) in [6.07, 6.45) is 5.78. The Kier molecular flexibility index (Phi) is 9.26. The second-order valence-corrected chi connectivity index (χ2v) is 15.1. The number of carbonyl (C=O) groups excluding carboxylic acids is 1. The molecule has 1 aromatic heterocycles. The molecule has 0 spiro atoms. The molecule has 15 heteroatoms. The fourth-order valence-corrected chi connectivity index (χ4v) is 7.90. The Labute approximate surface area is 289 Å². The van der Waals surface area contributed by atoms with Crippen LogP contribution in [-0.2, 0) is 26.0 Å². The van der Waals surface area contributed by atoms with Gasteiger partial charge in [0.25, 0.3) is 18.0 Å². The number of fused-ring (bicyclic) bond motifs is 1. The number of sulfonamides is 1. The third-order valence-corrected chi connectivity index (χ3v) is 11.1. The highest BCUT2D eigenvalue weighted by molar-refractivity contribution is 9.10. The Morgan fingerprint density at radius 3 is 2.45 bits per heavy atom.